The Balaban J connectivity index is 1.59. The molecule has 0 saturated carbocycles. The standard InChI is InChI=1S/C24H21BrN2O4/c1-16(28)31-21-10-4-7-18(14-21)24(30)27-20-9-5-8-19(15-20)26-23(29)13-12-17-6-2-3-11-22(17)25/h2-11,14-15H,12-13H2,1H3,(H,26,29)(H,27,30). The van der Waals surface area contributed by atoms with E-state index in [1.54, 1.807) is 42.5 Å². The number of nitrogens with one attached hydrogen (secondary N) is 2. The van der Waals surface area contributed by atoms with Crippen LogP contribution in [0.15, 0.2) is 77.3 Å². The highest BCUT2D eigenvalue weighted by molar-refractivity contribution is 9.10. The largest absolute Gasteiger partial charge is 0.427 e. The van der Waals surface area contributed by atoms with Crippen molar-refractivity contribution in [3.63, 3.8) is 0 Å². The highest BCUT2D eigenvalue weighted by atomic mass is 79.9. The molecule has 0 aliphatic carbocycles. The van der Waals surface area contributed by atoms with E-state index in [1.165, 1.54) is 13.0 Å². The van der Waals surface area contributed by atoms with Crippen LogP contribution >= 0.6 is 15.9 Å². The summed E-state index contributed by atoms with van der Waals surface area (Å²) in [5.41, 5.74) is 2.53. The molecule has 0 unspecified atom stereocenters. The number of halogens is 1. The molecule has 0 spiro atoms. The Kier molecular flexibility index (Phi) is 7.56. The lowest BCUT2D eigenvalue weighted by Gasteiger charge is -2.10. The zero-order valence-electron chi connectivity index (χ0n) is 16.9. The van der Waals surface area contributed by atoms with E-state index in [2.05, 4.69) is 26.6 Å². The Hall–Kier alpha value is -3.45. The molecule has 3 aromatic rings. The van der Waals surface area contributed by atoms with E-state index in [0.717, 1.165) is 10.0 Å². The number of esters is 1. The second-order valence-corrected chi connectivity index (χ2v) is 7.65. The Morgan fingerprint density at radius 2 is 1.58 bits per heavy atom. The van der Waals surface area contributed by atoms with Gasteiger partial charge >= 0.3 is 5.97 Å². The first kappa shape index (κ1) is 22.2. The molecular formula is C24H21BrN2O4. The van der Waals surface area contributed by atoms with Gasteiger partial charge in [0.1, 0.15) is 5.75 Å². The van der Waals surface area contributed by atoms with Crippen molar-refractivity contribution in [3.05, 3.63) is 88.4 Å². The van der Waals surface area contributed by atoms with Crippen molar-refractivity contribution in [3.8, 4) is 5.75 Å². The molecule has 2 amide bonds. The highest BCUT2D eigenvalue weighted by Crippen LogP contribution is 2.20. The van der Waals surface area contributed by atoms with Crippen LogP contribution in [0.1, 0.15) is 29.3 Å². The molecule has 0 heterocycles. The molecule has 0 aliphatic heterocycles. The van der Waals surface area contributed by atoms with Crippen molar-refractivity contribution < 1.29 is 19.1 Å². The minimum atomic E-state index is -0.458. The molecule has 31 heavy (non-hydrogen) atoms. The van der Waals surface area contributed by atoms with Gasteiger partial charge in [-0.2, -0.15) is 0 Å². The van der Waals surface area contributed by atoms with Gasteiger partial charge in [-0.05, 0) is 54.4 Å². The number of benzene rings is 3. The van der Waals surface area contributed by atoms with E-state index in [0.29, 0.717) is 35.5 Å². The smallest absolute Gasteiger partial charge is 0.308 e. The molecule has 6 nitrogen and oxygen atoms in total. The molecule has 0 aliphatic rings. The quantitative estimate of drug-likeness (QED) is 0.359. The molecule has 0 radical (unpaired) electrons. The topological polar surface area (TPSA) is 84.5 Å². The fourth-order valence-electron chi connectivity index (χ4n) is 2.92. The average molecular weight is 481 g/mol. The van der Waals surface area contributed by atoms with Gasteiger partial charge in [-0.15, -0.1) is 0 Å². The molecule has 0 saturated heterocycles. The zero-order chi connectivity index (χ0) is 22.2. The van der Waals surface area contributed by atoms with Gasteiger partial charge in [0.2, 0.25) is 5.91 Å². The predicted molar refractivity (Wildman–Crippen MR) is 123 cm³/mol. The maximum absolute atomic E-state index is 12.5. The summed E-state index contributed by atoms with van der Waals surface area (Å²) >= 11 is 3.48. The summed E-state index contributed by atoms with van der Waals surface area (Å²) in [6.07, 6.45) is 0.949. The van der Waals surface area contributed by atoms with Crippen LogP contribution in [0.4, 0.5) is 11.4 Å². The van der Waals surface area contributed by atoms with Gasteiger partial charge in [0.05, 0.1) is 0 Å². The van der Waals surface area contributed by atoms with Crippen molar-refractivity contribution in [2.45, 2.75) is 19.8 Å². The maximum atomic E-state index is 12.5. The van der Waals surface area contributed by atoms with Crippen molar-refractivity contribution in [1.82, 2.24) is 0 Å². The number of hydrogen-bond donors (Lipinski definition) is 2. The number of carbonyl (C=O) groups excluding carboxylic acids is 3. The number of rotatable bonds is 7. The van der Waals surface area contributed by atoms with Crippen LogP contribution in [0.2, 0.25) is 0 Å². The van der Waals surface area contributed by atoms with Gasteiger partial charge in [-0.1, -0.05) is 46.3 Å². The summed E-state index contributed by atoms with van der Waals surface area (Å²) in [5, 5.41) is 5.63. The molecule has 0 bridgehead atoms. The van der Waals surface area contributed by atoms with Crippen LogP contribution in [0.3, 0.4) is 0 Å². The first-order valence-electron chi connectivity index (χ1n) is 9.64. The number of hydrogen-bond acceptors (Lipinski definition) is 4. The Morgan fingerprint density at radius 1 is 0.871 bits per heavy atom. The SMILES string of the molecule is CC(=O)Oc1cccc(C(=O)Nc2cccc(NC(=O)CCc3ccccc3Br)c2)c1. The molecule has 0 aromatic heterocycles. The lowest BCUT2D eigenvalue weighted by molar-refractivity contribution is -0.131. The highest BCUT2D eigenvalue weighted by Gasteiger charge is 2.10. The minimum Gasteiger partial charge on any atom is -0.427 e. The molecule has 2 N–H and O–H groups in total. The second kappa shape index (κ2) is 10.5. The third kappa shape index (κ3) is 6.79. The van der Waals surface area contributed by atoms with Gasteiger partial charge in [0.25, 0.3) is 5.91 Å². The van der Waals surface area contributed by atoms with Gasteiger partial charge in [-0.25, -0.2) is 0 Å². The van der Waals surface area contributed by atoms with Gasteiger partial charge in [0.15, 0.2) is 0 Å². The lowest BCUT2D eigenvalue weighted by atomic mass is 10.1. The van der Waals surface area contributed by atoms with Gasteiger partial charge in [0, 0.05) is 34.8 Å². The molecule has 0 fully saturated rings. The number of aryl methyl sites for hydroxylation is 1. The Labute approximate surface area is 188 Å². The molecule has 7 heteroatoms. The van der Waals surface area contributed by atoms with Crippen LogP contribution in [0, 0.1) is 0 Å². The van der Waals surface area contributed by atoms with Crippen molar-refractivity contribution in [2.75, 3.05) is 10.6 Å². The molecule has 0 atom stereocenters. The lowest BCUT2D eigenvalue weighted by Crippen LogP contribution is -2.14. The molecule has 3 aromatic carbocycles. The summed E-state index contributed by atoms with van der Waals surface area (Å²) in [6, 6.07) is 21.0. The monoisotopic (exact) mass is 480 g/mol. The van der Waals surface area contributed by atoms with E-state index < -0.39 is 5.97 Å². The van der Waals surface area contributed by atoms with Crippen LogP contribution in [-0.2, 0) is 16.0 Å². The first-order valence-corrected chi connectivity index (χ1v) is 10.4. The number of ether oxygens (including phenoxy) is 1. The van der Waals surface area contributed by atoms with Gasteiger partial charge in [-0.3, -0.25) is 14.4 Å². The van der Waals surface area contributed by atoms with Crippen molar-refractivity contribution >= 4 is 45.1 Å². The van der Waals surface area contributed by atoms with E-state index in [9.17, 15) is 14.4 Å². The summed E-state index contributed by atoms with van der Waals surface area (Å²) in [7, 11) is 0. The number of anilines is 2. The second-order valence-electron chi connectivity index (χ2n) is 6.80. The third-order valence-corrected chi connectivity index (χ3v) is 5.11. The number of amides is 2. The molecule has 158 valence electrons. The number of carbonyl (C=O) groups is 3. The summed E-state index contributed by atoms with van der Waals surface area (Å²) in [6.45, 7) is 1.30. The minimum absolute atomic E-state index is 0.117. The Bertz CT molecular complexity index is 1110. The maximum Gasteiger partial charge on any atom is 0.308 e. The normalized spacial score (nSPS) is 10.3. The van der Waals surface area contributed by atoms with Crippen LogP contribution in [-0.4, -0.2) is 17.8 Å². The summed E-state index contributed by atoms with van der Waals surface area (Å²) < 4.78 is 5.99. The first-order chi connectivity index (χ1) is 14.9. The fourth-order valence-corrected chi connectivity index (χ4v) is 3.40. The van der Waals surface area contributed by atoms with Crippen molar-refractivity contribution in [2.24, 2.45) is 0 Å². The van der Waals surface area contributed by atoms with E-state index in [-0.39, 0.29) is 11.8 Å². The third-order valence-electron chi connectivity index (χ3n) is 4.34. The summed E-state index contributed by atoms with van der Waals surface area (Å²) in [5.74, 6) is -0.633. The zero-order valence-corrected chi connectivity index (χ0v) is 18.4. The van der Waals surface area contributed by atoms with E-state index in [4.69, 9.17) is 4.74 Å². The summed E-state index contributed by atoms with van der Waals surface area (Å²) in [4.78, 5) is 36.0. The van der Waals surface area contributed by atoms with Gasteiger partial charge < -0.3 is 15.4 Å². The van der Waals surface area contributed by atoms with E-state index in [1.807, 2.05) is 24.3 Å². The van der Waals surface area contributed by atoms with Crippen molar-refractivity contribution in [1.29, 1.82) is 0 Å². The Morgan fingerprint density at radius 3 is 2.32 bits per heavy atom. The predicted octanol–water partition coefficient (Wildman–Crippen LogP) is 5.20. The molecular weight excluding hydrogens is 460 g/mol. The fraction of sp³-hybridized carbons (Fsp3) is 0.125. The average Bonchev–Trinajstić information content (AvgIpc) is 2.73. The van der Waals surface area contributed by atoms with E-state index >= 15 is 0 Å². The van der Waals surface area contributed by atoms with Crippen LogP contribution in [0.25, 0.3) is 0 Å². The van der Waals surface area contributed by atoms with Crippen LogP contribution in [0.5, 0.6) is 5.75 Å². The van der Waals surface area contributed by atoms with Crippen LogP contribution < -0.4 is 15.4 Å². The molecule has 3 rings (SSSR count).